The number of hydrogen-bond acceptors (Lipinski definition) is 3. The van der Waals surface area contributed by atoms with Crippen LogP contribution in [0.15, 0.2) is 47.3 Å². The monoisotopic (exact) mass is 185 g/mol. The minimum absolute atomic E-state index is 0.615. The van der Waals surface area contributed by atoms with Gasteiger partial charge in [-0.05, 0) is 24.3 Å². The Labute approximate surface area is 81.2 Å². The highest BCUT2D eigenvalue weighted by atomic mass is 16.5. The van der Waals surface area contributed by atoms with Gasteiger partial charge in [-0.15, -0.1) is 0 Å². The highest BCUT2D eigenvalue weighted by Crippen LogP contribution is 2.21. The van der Waals surface area contributed by atoms with E-state index in [0.29, 0.717) is 17.1 Å². The Hall–Kier alpha value is -2.21. The van der Waals surface area contributed by atoms with E-state index in [0.717, 1.165) is 0 Å². The van der Waals surface area contributed by atoms with Gasteiger partial charge in [0.1, 0.15) is 12.0 Å². The summed E-state index contributed by atoms with van der Waals surface area (Å²) in [5.74, 6) is 1.33. The second kappa shape index (κ2) is 3.67. The molecule has 0 fully saturated rings. The zero-order valence-corrected chi connectivity index (χ0v) is 7.31. The van der Waals surface area contributed by atoms with E-state index < -0.39 is 0 Å². The summed E-state index contributed by atoms with van der Waals surface area (Å²) >= 11 is 0. The average molecular weight is 185 g/mol. The normalized spacial score (nSPS) is 9.36. The van der Waals surface area contributed by atoms with Gasteiger partial charge in [-0.3, -0.25) is 0 Å². The summed E-state index contributed by atoms with van der Waals surface area (Å²) in [5, 5.41) is 8.58. The number of furan rings is 1. The third-order valence-electron chi connectivity index (χ3n) is 1.71. The lowest BCUT2D eigenvalue weighted by molar-refractivity contribution is 0.466. The van der Waals surface area contributed by atoms with Crippen LogP contribution in [0.25, 0.3) is 0 Å². The molecule has 2 rings (SSSR count). The highest BCUT2D eigenvalue weighted by Gasteiger charge is 1.97. The van der Waals surface area contributed by atoms with Crippen molar-refractivity contribution in [1.29, 1.82) is 5.26 Å². The van der Waals surface area contributed by atoms with Crippen LogP contribution in [0, 0.1) is 11.3 Å². The second-order valence-electron chi connectivity index (χ2n) is 2.70. The van der Waals surface area contributed by atoms with Crippen molar-refractivity contribution in [3.8, 4) is 17.6 Å². The Balaban J connectivity index is 2.15. The van der Waals surface area contributed by atoms with Gasteiger partial charge in [-0.25, -0.2) is 0 Å². The van der Waals surface area contributed by atoms with Crippen molar-refractivity contribution in [1.82, 2.24) is 0 Å². The predicted molar refractivity (Wildman–Crippen MR) is 49.9 cm³/mol. The summed E-state index contributed by atoms with van der Waals surface area (Å²) < 4.78 is 10.3. The number of nitrogens with zero attached hydrogens (tertiary/aromatic N) is 1. The molecular formula is C11H7NO2. The van der Waals surface area contributed by atoms with Gasteiger partial charge in [-0.2, -0.15) is 5.26 Å². The molecule has 3 nitrogen and oxygen atoms in total. The summed E-state index contributed by atoms with van der Waals surface area (Å²) in [6, 6.07) is 10.7. The molecule has 1 heterocycles. The van der Waals surface area contributed by atoms with Gasteiger partial charge in [0, 0.05) is 6.07 Å². The molecule has 0 spiro atoms. The Morgan fingerprint density at radius 3 is 2.43 bits per heavy atom. The van der Waals surface area contributed by atoms with Crippen molar-refractivity contribution < 1.29 is 9.15 Å². The lowest BCUT2D eigenvalue weighted by atomic mass is 10.2. The number of ether oxygens (including phenoxy) is 1. The largest absolute Gasteiger partial charge is 0.469 e. The van der Waals surface area contributed by atoms with E-state index in [-0.39, 0.29) is 0 Å². The van der Waals surface area contributed by atoms with E-state index in [1.54, 1.807) is 36.6 Å². The zero-order valence-electron chi connectivity index (χ0n) is 7.31. The van der Waals surface area contributed by atoms with Crippen LogP contribution >= 0.6 is 0 Å². The van der Waals surface area contributed by atoms with Crippen LogP contribution in [-0.2, 0) is 0 Å². The van der Waals surface area contributed by atoms with Crippen LogP contribution in [0.5, 0.6) is 11.5 Å². The molecule has 0 amide bonds. The molecule has 0 saturated carbocycles. The van der Waals surface area contributed by atoms with E-state index in [2.05, 4.69) is 0 Å². The fraction of sp³-hybridized carbons (Fsp3) is 0. The van der Waals surface area contributed by atoms with Gasteiger partial charge >= 0.3 is 0 Å². The number of nitriles is 1. The van der Waals surface area contributed by atoms with Crippen molar-refractivity contribution >= 4 is 0 Å². The zero-order chi connectivity index (χ0) is 9.80. The minimum Gasteiger partial charge on any atom is -0.469 e. The molecule has 3 heteroatoms. The quantitative estimate of drug-likeness (QED) is 0.722. The first kappa shape index (κ1) is 8.39. The first-order valence-corrected chi connectivity index (χ1v) is 4.09. The minimum atomic E-state index is 0.615. The van der Waals surface area contributed by atoms with Crippen LogP contribution in [0.4, 0.5) is 0 Å². The molecule has 1 aromatic heterocycles. The topological polar surface area (TPSA) is 46.2 Å². The first-order chi connectivity index (χ1) is 6.88. The third-order valence-corrected chi connectivity index (χ3v) is 1.71. The Kier molecular flexibility index (Phi) is 2.20. The standard InChI is InChI=1S/C11H7NO2/c12-7-9-1-3-10(4-2-9)14-11-5-6-13-8-11/h1-6,8H. The van der Waals surface area contributed by atoms with Crippen LogP contribution < -0.4 is 4.74 Å². The van der Waals surface area contributed by atoms with Gasteiger partial charge in [0.05, 0.1) is 17.9 Å². The second-order valence-corrected chi connectivity index (χ2v) is 2.70. The van der Waals surface area contributed by atoms with Crippen molar-refractivity contribution in [2.24, 2.45) is 0 Å². The maximum absolute atomic E-state index is 8.58. The average Bonchev–Trinajstić information content (AvgIpc) is 2.72. The van der Waals surface area contributed by atoms with E-state index >= 15 is 0 Å². The highest BCUT2D eigenvalue weighted by molar-refractivity contribution is 5.36. The lowest BCUT2D eigenvalue weighted by Gasteiger charge is -2.00. The molecule has 0 atom stereocenters. The van der Waals surface area contributed by atoms with Gasteiger partial charge in [-0.1, -0.05) is 0 Å². The fourth-order valence-electron chi connectivity index (χ4n) is 1.04. The van der Waals surface area contributed by atoms with Crippen molar-refractivity contribution in [2.75, 3.05) is 0 Å². The molecule has 0 N–H and O–H groups in total. The van der Waals surface area contributed by atoms with Crippen LogP contribution in [-0.4, -0.2) is 0 Å². The smallest absolute Gasteiger partial charge is 0.165 e. The summed E-state index contributed by atoms with van der Waals surface area (Å²) in [5.41, 5.74) is 0.615. The molecule has 0 bridgehead atoms. The maximum atomic E-state index is 8.58. The SMILES string of the molecule is N#Cc1ccc(Oc2ccoc2)cc1. The van der Waals surface area contributed by atoms with Gasteiger partial charge in [0.25, 0.3) is 0 Å². The molecule has 0 radical (unpaired) electrons. The molecule has 2 aromatic rings. The van der Waals surface area contributed by atoms with Crippen molar-refractivity contribution in [2.45, 2.75) is 0 Å². The van der Waals surface area contributed by atoms with E-state index in [1.807, 2.05) is 6.07 Å². The summed E-state index contributed by atoms with van der Waals surface area (Å²) in [6.07, 6.45) is 3.05. The molecule has 0 aliphatic heterocycles. The van der Waals surface area contributed by atoms with Crippen molar-refractivity contribution in [3.05, 3.63) is 48.4 Å². The predicted octanol–water partition coefficient (Wildman–Crippen LogP) is 2.94. The molecular weight excluding hydrogens is 178 g/mol. The Morgan fingerprint density at radius 2 is 1.86 bits per heavy atom. The molecule has 14 heavy (non-hydrogen) atoms. The molecule has 68 valence electrons. The summed E-state index contributed by atoms with van der Waals surface area (Å²) in [4.78, 5) is 0. The van der Waals surface area contributed by atoms with Gasteiger partial charge < -0.3 is 9.15 Å². The van der Waals surface area contributed by atoms with E-state index in [4.69, 9.17) is 14.4 Å². The fourth-order valence-corrected chi connectivity index (χ4v) is 1.04. The molecule has 1 aromatic carbocycles. The number of benzene rings is 1. The number of hydrogen-bond donors (Lipinski definition) is 0. The summed E-state index contributed by atoms with van der Waals surface area (Å²) in [6.45, 7) is 0. The summed E-state index contributed by atoms with van der Waals surface area (Å²) in [7, 11) is 0. The number of rotatable bonds is 2. The molecule has 0 saturated heterocycles. The van der Waals surface area contributed by atoms with Gasteiger partial charge in [0.2, 0.25) is 0 Å². The first-order valence-electron chi connectivity index (χ1n) is 4.09. The molecule has 0 unspecified atom stereocenters. The lowest BCUT2D eigenvalue weighted by Crippen LogP contribution is -1.81. The van der Waals surface area contributed by atoms with Crippen molar-refractivity contribution in [3.63, 3.8) is 0 Å². The third kappa shape index (κ3) is 1.75. The Morgan fingerprint density at radius 1 is 1.07 bits per heavy atom. The maximum Gasteiger partial charge on any atom is 0.165 e. The molecule has 0 aliphatic rings. The Bertz CT molecular complexity index is 437. The van der Waals surface area contributed by atoms with Crippen LogP contribution in [0.2, 0.25) is 0 Å². The van der Waals surface area contributed by atoms with E-state index in [1.165, 1.54) is 6.26 Å². The van der Waals surface area contributed by atoms with E-state index in [9.17, 15) is 0 Å². The van der Waals surface area contributed by atoms with Gasteiger partial charge in [0.15, 0.2) is 5.75 Å². The van der Waals surface area contributed by atoms with Crippen LogP contribution in [0.3, 0.4) is 0 Å². The molecule has 0 aliphatic carbocycles. The van der Waals surface area contributed by atoms with Crippen LogP contribution in [0.1, 0.15) is 5.56 Å².